The van der Waals surface area contributed by atoms with E-state index in [0.717, 1.165) is 16.6 Å². The maximum Gasteiger partial charge on any atom is 0.309 e. The number of nitro groups is 1. The first-order valence-electron chi connectivity index (χ1n) is 8.80. The molecule has 0 N–H and O–H groups in total. The summed E-state index contributed by atoms with van der Waals surface area (Å²) in [7, 11) is -3.84. The van der Waals surface area contributed by atoms with E-state index in [0.29, 0.717) is 32.5 Å². The van der Waals surface area contributed by atoms with Crippen LogP contribution in [-0.2, 0) is 24.3 Å². The summed E-state index contributed by atoms with van der Waals surface area (Å²) in [5, 5.41) is 11.0. The van der Waals surface area contributed by atoms with Crippen LogP contribution in [0.15, 0.2) is 24.3 Å². The van der Waals surface area contributed by atoms with Gasteiger partial charge in [0.15, 0.2) is 0 Å². The molecule has 2 rings (SSSR count). The van der Waals surface area contributed by atoms with Crippen molar-refractivity contribution in [3.05, 3.63) is 34.4 Å². The Labute approximate surface area is 163 Å². The Kier molecular flexibility index (Phi) is 6.95. The predicted molar refractivity (Wildman–Crippen MR) is 101 cm³/mol. The number of carbonyl (C=O) groups excluding carboxylic acids is 2. The molecule has 10 nitrogen and oxygen atoms in total. The average Bonchev–Trinajstić information content (AvgIpc) is 2.65. The van der Waals surface area contributed by atoms with Gasteiger partial charge in [0, 0.05) is 25.2 Å². The van der Waals surface area contributed by atoms with E-state index in [-0.39, 0.29) is 23.3 Å². The first-order valence-corrected chi connectivity index (χ1v) is 10.6. The second kappa shape index (κ2) is 9.00. The van der Waals surface area contributed by atoms with Crippen LogP contribution in [0.5, 0.6) is 0 Å². The molecule has 0 spiro atoms. The number of nitrogens with zero attached hydrogens (tertiary/aromatic N) is 3. The van der Waals surface area contributed by atoms with Gasteiger partial charge in [0.05, 0.1) is 29.4 Å². The van der Waals surface area contributed by atoms with E-state index in [1.54, 1.807) is 6.92 Å². The lowest BCUT2D eigenvalue weighted by molar-refractivity contribution is -0.384. The molecule has 0 saturated carbocycles. The summed E-state index contributed by atoms with van der Waals surface area (Å²) in [5.74, 6) is -0.991. The second-order valence-electron chi connectivity index (χ2n) is 6.45. The van der Waals surface area contributed by atoms with Gasteiger partial charge >= 0.3 is 5.97 Å². The van der Waals surface area contributed by atoms with Crippen LogP contribution in [0.1, 0.15) is 19.8 Å². The van der Waals surface area contributed by atoms with Crippen LogP contribution in [0.25, 0.3) is 0 Å². The molecule has 1 aliphatic rings. The minimum absolute atomic E-state index is 0.0476. The SMILES string of the molecule is CCOC(=O)C1CCN(C(=O)CN(c2cccc([N+](=O)[O-])c2)S(C)(=O)=O)CC1. The predicted octanol–water partition coefficient (Wildman–Crippen LogP) is 1.16. The molecule has 28 heavy (non-hydrogen) atoms. The van der Waals surface area contributed by atoms with Crippen molar-refractivity contribution in [3.8, 4) is 0 Å². The van der Waals surface area contributed by atoms with E-state index in [4.69, 9.17) is 4.74 Å². The number of benzene rings is 1. The van der Waals surface area contributed by atoms with Gasteiger partial charge in [-0.25, -0.2) is 8.42 Å². The number of non-ortho nitro benzene ring substituents is 1. The molecule has 1 aromatic rings. The van der Waals surface area contributed by atoms with Gasteiger partial charge in [0.25, 0.3) is 5.69 Å². The van der Waals surface area contributed by atoms with Crippen LogP contribution in [0.2, 0.25) is 0 Å². The number of ether oxygens (including phenoxy) is 1. The number of piperidine rings is 1. The van der Waals surface area contributed by atoms with Crippen LogP contribution in [-0.4, -0.2) is 62.6 Å². The fourth-order valence-electron chi connectivity index (χ4n) is 3.01. The molecule has 1 aliphatic heterocycles. The fourth-order valence-corrected chi connectivity index (χ4v) is 3.85. The zero-order valence-corrected chi connectivity index (χ0v) is 16.6. The third-order valence-corrected chi connectivity index (χ3v) is 5.62. The number of esters is 1. The standard InChI is InChI=1S/C17H23N3O7S/c1-3-27-17(22)13-7-9-18(10-8-13)16(21)12-19(28(2,25)26)14-5-4-6-15(11-14)20(23)24/h4-6,11,13H,3,7-10,12H2,1-2H3. The Balaban J connectivity index is 2.10. The summed E-state index contributed by atoms with van der Waals surface area (Å²) in [4.78, 5) is 36.2. The number of hydrogen-bond acceptors (Lipinski definition) is 7. The summed E-state index contributed by atoms with van der Waals surface area (Å²) in [5.41, 5.74) is -0.222. The number of rotatable bonds is 7. The maximum atomic E-state index is 12.6. The average molecular weight is 413 g/mol. The highest BCUT2D eigenvalue weighted by Crippen LogP contribution is 2.24. The van der Waals surface area contributed by atoms with Crippen molar-refractivity contribution in [2.45, 2.75) is 19.8 Å². The minimum atomic E-state index is -3.84. The first-order chi connectivity index (χ1) is 13.1. The number of carbonyl (C=O) groups is 2. The minimum Gasteiger partial charge on any atom is -0.466 e. The number of amides is 1. The largest absolute Gasteiger partial charge is 0.466 e. The highest BCUT2D eigenvalue weighted by atomic mass is 32.2. The van der Waals surface area contributed by atoms with Crippen molar-refractivity contribution in [2.75, 3.05) is 36.8 Å². The van der Waals surface area contributed by atoms with Gasteiger partial charge < -0.3 is 9.64 Å². The summed E-state index contributed by atoms with van der Waals surface area (Å²) in [6, 6.07) is 5.11. The molecule has 0 atom stereocenters. The second-order valence-corrected chi connectivity index (χ2v) is 8.36. The van der Waals surface area contributed by atoms with E-state index in [9.17, 15) is 28.1 Å². The molecule has 1 aromatic carbocycles. The molecule has 0 aliphatic carbocycles. The van der Waals surface area contributed by atoms with Gasteiger partial charge in [0.2, 0.25) is 15.9 Å². The molecule has 11 heteroatoms. The summed E-state index contributed by atoms with van der Waals surface area (Å²) in [6.45, 7) is 2.18. The molecule has 1 saturated heterocycles. The highest BCUT2D eigenvalue weighted by molar-refractivity contribution is 7.92. The van der Waals surface area contributed by atoms with Gasteiger partial charge in [-0.3, -0.25) is 24.0 Å². The normalized spacial score (nSPS) is 15.1. The number of anilines is 1. The van der Waals surface area contributed by atoms with E-state index in [1.165, 1.54) is 23.1 Å². The van der Waals surface area contributed by atoms with Crippen molar-refractivity contribution in [3.63, 3.8) is 0 Å². The zero-order chi connectivity index (χ0) is 20.9. The summed E-state index contributed by atoms with van der Waals surface area (Å²) >= 11 is 0. The highest BCUT2D eigenvalue weighted by Gasteiger charge is 2.30. The Morgan fingerprint density at radius 3 is 2.50 bits per heavy atom. The first kappa shape index (κ1) is 21.6. The van der Waals surface area contributed by atoms with Crippen LogP contribution in [0.3, 0.4) is 0 Å². The lowest BCUT2D eigenvalue weighted by atomic mass is 9.97. The van der Waals surface area contributed by atoms with Crippen molar-refractivity contribution >= 4 is 33.3 Å². The van der Waals surface area contributed by atoms with Gasteiger partial charge in [-0.1, -0.05) is 6.07 Å². The van der Waals surface area contributed by atoms with Gasteiger partial charge in [0.1, 0.15) is 6.54 Å². The molecule has 1 amide bonds. The van der Waals surface area contributed by atoms with Crippen molar-refractivity contribution in [1.29, 1.82) is 0 Å². The molecule has 0 radical (unpaired) electrons. The maximum absolute atomic E-state index is 12.6. The molecule has 1 heterocycles. The third kappa shape index (κ3) is 5.41. The topological polar surface area (TPSA) is 127 Å². The van der Waals surface area contributed by atoms with Gasteiger partial charge in [-0.2, -0.15) is 0 Å². The lowest BCUT2D eigenvalue weighted by Crippen LogP contribution is -2.46. The Morgan fingerprint density at radius 2 is 1.96 bits per heavy atom. The van der Waals surface area contributed by atoms with Gasteiger partial charge in [-0.15, -0.1) is 0 Å². The number of nitro benzene ring substituents is 1. The van der Waals surface area contributed by atoms with Crippen LogP contribution in [0, 0.1) is 16.0 Å². The Bertz CT molecular complexity index is 848. The zero-order valence-electron chi connectivity index (χ0n) is 15.7. The van der Waals surface area contributed by atoms with Crippen LogP contribution in [0.4, 0.5) is 11.4 Å². The Hall–Kier alpha value is -2.69. The number of hydrogen-bond donors (Lipinski definition) is 0. The van der Waals surface area contributed by atoms with E-state index in [1.807, 2.05) is 0 Å². The van der Waals surface area contributed by atoms with Crippen molar-refractivity contribution < 1.29 is 27.7 Å². The fraction of sp³-hybridized carbons (Fsp3) is 0.529. The summed E-state index contributed by atoms with van der Waals surface area (Å²) < 4.78 is 30.2. The third-order valence-electron chi connectivity index (χ3n) is 4.48. The monoisotopic (exact) mass is 413 g/mol. The molecule has 0 unspecified atom stereocenters. The molecular weight excluding hydrogens is 390 g/mol. The number of sulfonamides is 1. The van der Waals surface area contributed by atoms with E-state index < -0.39 is 27.4 Å². The van der Waals surface area contributed by atoms with Crippen molar-refractivity contribution in [2.24, 2.45) is 5.92 Å². The smallest absolute Gasteiger partial charge is 0.309 e. The van der Waals surface area contributed by atoms with E-state index in [2.05, 4.69) is 0 Å². The van der Waals surface area contributed by atoms with Crippen LogP contribution < -0.4 is 4.31 Å². The summed E-state index contributed by atoms with van der Waals surface area (Å²) in [6.07, 6.45) is 1.83. The van der Waals surface area contributed by atoms with E-state index >= 15 is 0 Å². The molecule has 0 bridgehead atoms. The number of likely N-dealkylation sites (tertiary alicyclic amines) is 1. The molecule has 154 valence electrons. The quantitative estimate of drug-likeness (QED) is 0.373. The Morgan fingerprint density at radius 1 is 1.32 bits per heavy atom. The molecular formula is C17H23N3O7S. The van der Waals surface area contributed by atoms with Gasteiger partial charge in [-0.05, 0) is 25.8 Å². The molecule has 0 aromatic heterocycles. The lowest BCUT2D eigenvalue weighted by Gasteiger charge is -2.32. The molecule has 1 fully saturated rings. The van der Waals surface area contributed by atoms with Crippen molar-refractivity contribution in [1.82, 2.24) is 4.90 Å². The van der Waals surface area contributed by atoms with Crippen LogP contribution >= 0.6 is 0 Å².